The van der Waals surface area contributed by atoms with Crippen LogP contribution < -0.4 is 5.14 Å². The molecule has 0 aliphatic heterocycles. The minimum Gasteiger partial charge on any atom is -0.256 e. The molecule has 0 amide bonds. The smallest absolute Gasteiger partial charge is 0.240 e. The summed E-state index contributed by atoms with van der Waals surface area (Å²) >= 11 is 0. The number of nitrogens with zero attached hydrogens (tertiary/aromatic N) is 2. The maximum atomic E-state index is 14.2. The van der Waals surface area contributed by atoms with Crippen LogP contribution in [0.5, 0.6) is 0 Å². The number of pyridine rings is 1. The highest BCUT2D eigenvalue weighted by atomic mass is 32.2. The second kappa shape index (κ2) is 6.43. The molecule has 25 heavy (non-hydrogen) atoms. The first kappa shape index (κ1) is 16.8. The van der Waals surface area contributed by atoms with Gasteiger partial charge < -0.3 is 0 Å². The summed E-state index contributed by atoms with van der Waals surface area (Å²) in [6.45, 7) is 0. The minimum absolute atomic E-state index is 0.454. The Kier molecular flexibility index (Phi) is 4.31. The molecule has 0 saturated heterocycles. The third-order valence-electron chi connectivity index (χ3n) is 3.62. The number of aromatic nitrogens is 1. The lowest BCUT2D eigenvalue weighted by Gasteiger charge is -2.10. The molecule has 2 N–H and O–H groups in total. The van der Waals surface area contributed by atoms with E-state index in [0.29, 0.717) is 27.9 Å². The molecule has 124 valence electrons. The molecular weight excluding hydrogens is 341 g/mol. The summed E-state index contributed by atoms with van der Waals surface area (Å²) in [4.78, 5) is 3.76. The van der Waals surface area contributed by atoms with Crippen molar-refractivity contribution in [3.8, 4) is 28.5 Å². The van der Waals surface area contributed by atoms with Crippen LogP contribution in [-0.2, 0) is 10.0 Å². The van der Waals surface area contributed by atoms with Gasteiger partial charge in [0.2, 0.25) is 10.0 Å². The molecule has 0 atom stereocenters. The van der Waals surface area contributed by atoms with Crippen molar-refractivity contribution in [2.75, 3.05) is 0 Å². The molecule has 0 radical (unpaired) electrons. The maximum absolute atomic E-state index is 14.2. The van der Waals surface area contributed by atoms with Gasteiger partial charge in [-0.25, -0.2) is 17.9 Å². The molecule has 0 spiro atoms. The molecule has 5 nitrogen and oxygen atoms in total. The highest BCUT2D eigenvalue weighted by Crippen LogP contribution is 2.31. The number of rotatable bonds is 3. The van der Waals surface area contributed by atoms with E-state index >= 15 is 0 Å². The quantitative estimate of drug-likeness (QED) is 0.782. The van der Waals surface area contributed by atoms with E-state index in [9.17, 15) is 12.8 Å². The molecule has 3 rings (SSSR count). The predicted octanol–water partition coefficient (Wildman–Crippen LogP) is 3.07. The van der Waals surface area contributed by atoms with Crippen LogP contribution >= 0.6 is 0 Å². The summed E-state index contributed by atoms with van der Waals surface area (Å²) < 4.78 is 36.9. The highest BCUT2D eigenvalue weighted by molar-refractivity contribution is 7.89. The summed E-state index contributed by atoms with van der Waals surface area (Å²) in [5.74, 6) is -0.930. The lowest BCUT2D eigenvalue weighted by molar-refractivity contribution is 0.568. The van der Waals surface area contributed by atoms with Gasteiger partial charge >= 0.3 is 0 Å². The standard InChI is InChI=1S/C18H12FN3O2S/c19-16-10-13(6-7-17(16)25(21,23)24)15-5-2-8-22-18(15)14-4-1-3-12(9-14)11-20/h1-10H,(H2,21,23,24). The fourth-order valence-corrected chi connectivity index (χ4v) is 3.09. The molecule has 1 aromatic heterocycles. The van der Waals surface area contributed by atoms with E-state index in [2.05, 4.69) is 11.1 Å². The Balaban J connectivity index is 2.17. The number of nitriles is 1. The third kappa shape index (κ3) is 3.40. The van der Waals surface area contributed by atoms with E-state index in [4.69, 9.17) is 10.4 Å². The Bertz CT molecular complexity index is 1110. The van der Waals surface area contributed by atoms with Crippen LogP contribution in [-0.4, -0.2) is 13.4 Å². The molecule has 0 aliphatic rings. The van der Waals surface area contributed by atoms with Gasteiger partial charge in [-0.2, -0.15) is 5.26 Å². The molecule has 0 fully saturated rings. The van der Waals surface area contributed by atoms with Crippen molar-refractivity contribution in [3.05, 3.63) is 72.2 Å². The van der Waals surface area contributed by atoms with E-state index in [1.165, 1.54) is 6.07 Å². The number of hydrogen-bond acceptors (Lipinski definition) is 4. The molecule has 2 aromatic carbocycles. The molecule has 1 heterocycles. The molecular formula is C18H12FN3O2S. The molecule has 7 heteroatoms. The molecule has 0 saturated carbocycles. The Morgan fingerprint density at radius 2 is 1.84 bits per heavy atom. The van der Waals surface area contributed by atoms with E-state index in [1.54, 1.807) is 42.6 Å². The number of hydrogen-bond donors (Lipinski definition) is 1. The second-order valence-electron chi connectivity index (χ2n) is 5.28. The molecule has 0 unspecified atom stereocenters. The van der Waals surface area contributed by atoms with Crippen molar-refractivity contribution < 1.29 is 12.8 Å². The van der Waals surface area contributed by atoms with Crippen molar-refractivity contribution in [3.63, 3.8) is 0 Å². The van der Waals surface area contributed by atoms with Crippen LogP contribution in [0.3, 0.4) is 0 Å². The van der Waals surface area contributed by atoms with E-state index < -0.39 is 20.7 Å². The van der Waals surface area contributed by atoms with E-state index in [0.717, 1.165) is 12.1 Å². The summed E-state index contributed by atoms with van der Waals surface area (Å²) in [7, 11) is -4.13. The summed E-state index contributed by atoms with van der Waals surface area (Å²) in [5, 5.41) is 14.0. The van der Waals surface area contributed by atoms with Crippen LogP contribution in [0.2, 0.25) is 0 Å². The monoisotopic (exact) mass is 353 g/mol. The van der Waals surface area contributed by atoms with Crippen molar-refractivity contribution in [1.82, 2.24) is 4.98 Å². The fraction of sp³-hybridized carbons (Fsp3) is 0. The van der Waals surface area contributed by atoms with Crippen LogP contribution in [0.4, 0.5) is 4.39 Å². The van der Waals surface area contributed by atoms with Gasteiger partial charge in [-0.15, -0.1) is 0 Å². The lowest BCUT2D eigenvalue weighted by atomic mass is 9.98. The topological polar surface area (TPSA) is 96.8 Å². The van der Waals surface area contributed by atoms with Crippen LogP contribution in [0.1, 0.15) is 5.56 Å². The zero-order valence-electron chi connectivity index (χ0n) is 12.8. The SMILES string of the molecule is N#Cc1cccc(-c2ncccc2-c2ccc(S(N)(=O)=O)c(F)c2)c1. The van der Waals surface area contributed by atoms with Gasteiger partial charge in [0.05, 0.1) is 17.3 Å². The summed E-state index contributed by atoms with van der Waals surface area (Å²) in [5.41, 5.74) is 2.80. The fourth-order valence-electron chi connectivity index (χ4n) is 2.50. The lowest BCUT2D eigenvalue weighted by Crippen LogP contribution is -2.13. The molecule has 0 bridgehead atoms. The van der Waals surface area contributed by atoms with Gasteiger partial charge in [0, 0.05) is 17.3 Å². The Morgan fingerprint density at radius 3 is 2.52 bits per heavy atom. The molecule has 3 aromatic rings. The highest BCUT2D eigenvalue weighted by Gasteiger charge is 2.16. The average Bonchev–Trinajstić information content (AvgIpc) is 2.60. The zero-order valence-corrected chi connectivity index (χ0v) is 13.7. The van der Waals surface area contributed by atoms with Crippen LogP contribution in [0.25, 0.3) is 22.4 Å². The van der Waals surface area contributed by atoms with Crippen LogP contribution in [0, 0.1) is 17.1 Å². The Morgan fingerprint density at radius 1 is 1.04 bits per heavy atom. The average molecular weight is 353 g/mol. The Hall–Kier alpha value is -3.08. The zero-order chi connectivity index (χ0) is 18.0. The van der Waals surface area contributed by atoms with Gasteiger partial charge in [-0.05, 0) is 35.9 Å². The van der Waals surface area contributed by atoms with Crippen LogP contribution in [0.15, 0.2) is 65.7 Å². The van der Waals surface area contributed by atoms with Crippen molar-refractivity contribution in [1.29, 1.82) is 5.26 Å². The first-order chi connectivity index (χ1) is 11.9. The maximum Gasteiger partial charge on any atom is 0.240 e. The summed E-state index contributed by atoms with van der Waals surface area (Å²) in [6.07, 6.45) is 1.59. The van der Waals surface area contributed by atoms with Gasteiger partial charge in [-0.3, -0.25) is 4.98 Å². The first-order valence-corrected chi connectivity index (χ1v) is 8.73. The molecule has 0 aliphatic carbocycles. The van der Waals surface area contributed by atoms with Gasteiger partial charge in [0.25, 0.3) is 0 Å². The number of sulfonamides is 1. The second-order valence-corrected chi connectivity index (χ2v) is 6.81. The largest absolute Gasteiger partial charge is 0.256 e. The number of nitrogens with two attached hydrogens (primary N) is 1. The van der Waals surface area contributed by atoms with E-state index in [1.807, 2.05) is 0 Å². The summed E-state index contributed by atoms with van der Waals surface area (Å²) in [6, 6.07) is 16.1. The number of benzene rings is 2. The number of primary sulfonamides is 1. The van der Waals surface area contributed by atoms with Crippen molar-refractivity contribution in [2.24, 2.45) is 5.14 Å². The normalized spacial score (nSPS) is 11.1. The predicted molar refractivity (Wildman–Crippen MR) is 91.2 cm³/mol. The Labute approximate surface area is 144 Å². The number of halogens is 1. The third-order valence-corrected chi connectivity index (χ3v) is 4.57. The van der Waals surface area contributed by atoms with Gasteiger partial charge in [-0.1, -0.05) is 24.3 Å². The first-order valence-electron chi connectivity index (χ1n) is 7.18. The van der Waals surface area contributed by atoms with Crippen molar-refractivity contribution in [2.45, 2.75) is 4.90 Å². The van der Waals surface area contributed by atoms with Gasteiger partial charge in [0.1, 0.15) is 10.7 Å². The van der Waals surface area contributed by atoms with Crippen molar-refractivity contribution >= 4 is 10.0 Å². The minimum atomic E-state index is -4.13. The van der Waals surface area contributed by atoms with E-state index in [-0.39, 0.29) is 0 Å². The van der Waals surface area contributed by atoms with Gasteiger partial charge in [0.15, 0.2) is 0 Å².